The van der Waals surface area contributed by atoms with Crippen LogP contribution in [0.5, 0.6) is 0 Å². The second kappa shape index (κ2) is 5.36. The predicted octanol–water partition coefficient (Wildman–Crippen LogP) is 4.39. The van der Waals surface area contributed by atoms with Gasteiger partial charge in [-0.1, -0.05) is 57.8 Å². The topological polar surface area (TPSA) is 0 Å². The van der Waals surface area contributed by atoms with Gasteiger partial charge in [0, 0.05) is 0 Å². The fourth-order valence-corrected chi connectivity index (χ4v) is 1.19. The lowest BCUT2D eigenvalue weighted by molar-refractivity contribution is 1.24. The van der Waals surface area contributed by atoms with Crippen LogP contribution in [0.1, 0.15) is 31.9 Å². The maximum Gasteiger partial charge on any atom is -0.0158 e. The first kappa shape index (κ1) is 11.7. The summed E-state index contributed by atoms with van der Waals surface area (Å²) in [6.45, 7) is 9.88. The van der Waals surface area contributed by atoms with Crippen LogP contribution in [-0.2, 0) is 0 Å². The van der Waals surface area contributed by atoms with Crippen LogP contribution >= 0.6 is 0 Å². The molecule has 0 bridgehead atoms. The van der Waals surface area contributed by atoms with Crippen LogP contribution in [0.4, 0.5) is 0 Å². The normalized spacial score (nSPS) is 8.69. The van der Waals surface area contributed by atoms with Crippen LogP contribution in [0.25, 0.3) is 11.6 Å². The average molecular weight is 174 g/mol. The van der Waals surface area contributed by atoms with Crippen molar-refractivity contribution in [3.05, 3.63) is 48.6 Å². The van der Waals surface area contributed by atoms with Crippen molar-refractivity contribution in [2.75, 3.05) is 0 Å². The zero-order valence-corrected chi connectivity index (χ0v) is 7.51. The van der Waals surface area contributed by atoms with E-state index in [4.69, 9.17) is 0 Å². The molecule has 0 heterocycles. The van der Waals surface area contributed by atoms with E-state index in [1.54, 1.807) is 0 Å². The summed E-state index contributed by atoms with van der Waals surface area (Å²) in [5, 5.41) is 0. The maximum absolute atomic E-state index is 4.00. The minimum atomic E-state index is 0. The van der Waals surface area contributed by atoms with E-state index in [0.29, 0.717) is 0 Å². The van der Waals surface area contributed by atoms with Crippen molar-refractivity contribution in [3.63, 3.8) is 0 Å². The molecule has 0 unspecified atom stereocenters. The van der Waals surface area contributed by atoms with Crippen molar-refractivity contribution in [1.82, 2.24) is 0 Å². The summed E-state index contributed by atoms with van der Waals surface area (Å²) >= 11 is 0. The van der Waals surface area contributed by atoms with Gasteiger partial charge in [-0.05, 0) is 23.1 Å². The summed E-state index contributed by atoms with van der Waals surface area (Å²) in [5.74, 6) is 0. The molecule has 0 nitrogen and oxygen atoms in total. The molecule has 70 valence electrons. The van der Waals surface area contributed by atoms with Crippen LogP contribution in [0, 0.1) is 0 Å². The van der Waals surface area contributed by atoms with Crippen LogP contribution in [0.3, 0.4) is 0 Å². The summed E-state index contributed by atoms with van der Waals surface area (Å²) in [4.78, 5) is 0. The molecular formula is C13H18. The predicted molar refractivity (Wildman–Crippen MR) is 62.6 cm³/mol. The van der Waals surface area contributed by atoms with E-state index < -0.39 is 0 Å². The minimum Gasteiger partial charge on any atom is -0.0984 e. The largest absolute Gasteiger partial charge is 0.0984 e. The first-order chi connectivity index (χ1) is 5.79. The van der Waals surface area contributed by atoms with Gasteiger partial charge in [0.25, 0.3) is 0 Å². The van der Waals surface area contributed by atoms with E-state index in [2.05, 4.69) is 32.2 Å². The molecule has 0 saturated carbocycles. The second-order valence-electron chi connectivity index (χ2n) is 2.75. The fourth-order valence-electron chi connectivity index (χ4n) is 1.19. The van der Waals surface area contributed by atoms with Crippen molar-refractivity contribution in [3.8, 4) is 0 Å². The molecule has 1 aromatic carbocycles. The maximum atomic E-state index is 4.00. The molecular weight excluding hydrogens is 156 g/mol. The lowest BCUT2D eigenvalue weighted by Crippen LogP contribution is -1.84. The molecule has 0 fully saturated rings. The van der Waals surface area contributed by atoms with Gasteiger partial charge in [-0.15, -0.1) is 0 Å². The van der Waals surface area contributed by atoms with Crippen molar-refractivity contribution < 1.29 is 0 Å². The molecule has 0 radical (unpaired) electrons. The van der Waals surface area contributed by atoms with Crippen molar-refractivity contribution in [2.45, 2.75) is 20.8 Å². The van der Waals surface area contributed by atoms with Crippen LogP contribution < -0.4 is 0 Å². The first-order valence-electron chi connectivity index (χ1n) is 4.19. The van der Waals surface area contributed by atoms with Gasteiger partial charge in [-0.2, -0.15) is 0 Å². The monoisotopic (exact) mass is 174 g/mol. The van der Waals surface area contributed by atoms with Gasteiger partial charge in [-0.25, -0.2) is 0 Å². The number of hydrogen-bond donors (Lipinski definition) is 0. The molecule has 0 saturated heterocycles. The van der Waals surface area contributed by atoms with Gasteiger partial charge in [0.1, 0.15) is 0 Å². The highest BCUT2D eigenvalue weighted by atomic mass is 14.0. The Morgan fingerprint density at radius 3 is 2.54 bits per heavy atom. The highest BCUT2D eigenvalue weighted by Crippen LogP contribution is 2.20. The molecule has 0 aromatic heterocycles. The van der Waals surface area contributed by atoms with E-state index >= 15 is 0 Å². The SMILES string of the molecule is C.C=Cc1ccccc1C(=C)CC. The molecule has 0 heteroatoms. The van der Waals surface area contributed by atoms with Crippen molar-refractivity contribution in [2.24, 2.45) is 0 Å². The number of hydrogen-bond acceptors (Lipinski definition) is 0. The molecule has 0 atom stereocenters. The molecule has 0 aliphatic heterocycles. The highest BCUT2D eigenvalue weighted by Gasteiger charge is 1.99. The smallest absolute Gasteiger partial charge is 0.0158 e. The molecule has 0 amide bonds. The Hall–Kier alpha value is -1.30. The summed E-state index contributed by atoms with van der Waals surface area (Å²) < 4.78 is 0. The quantitative estimate of drug-likeness (QED) is 0.637. The molecule has 13 heavy (non-hydrogen) atoms. The van der Waals surface area contributed by atoms with Crippen LogP contribution in [0.2, 0.25) is 0 Å². The molecule has 0 N–H and O–H groups in total. The molecule has 0 aliphatic rings. The lowest BCUT2D eigenvalue weighted by atomic mass is 9.99. The Morgan fingerprint density at radius 2 is 2.00 bits per heavy atom. The van der Waals surface area contributed by atoms with Gasteiger partial charge >= 0.3 is 0 Å². The Labute approximate surface area is 81.6 Å². The van der Waals surface area contributed by atoms with E-state index in [9.17, 15) is 0 Å². The van der Waals surface area contributed by atoms with E-state index in [1.165, 1.54) is 16.7 Å². The fraction of sp³-hybridized carbons (Fsp3) is 0.231. The Bertz CT molecular complexity index is 295. The third kappa shape index (κ3) is 2.59. The molecule has 0 aliphatic carbocycles. The van der Waals surface area contributed by atoms with Gasteiger partial charge in [-0.3, -0.25) is 0 Å². The van der Waals surface area contributed by atoms with E-state index in [1.807, 2.05) is 18.2 Å². The molecule has 0 spiro atoms. The van der Waals surface area contributed by atoms with Crippen LogP contribution in [0.15, 0.2) is 37.4 Å². The summed E-state index contributed by atoms with van der Waals surface area (Å²) in [5.41, 5.74) is 3.56. The van der Waals surface area contributed by atoms with Gasteiger partial charge in [0.05, 0.1) is 0 Å². The summed E-state index contributed by atoms with van der Waals surface area (Å²) in [6.07, 6.45) is 2.86. The average Bonchev–Trinajstić information content (AvgIpc) is 2.16. The van der Waals surface area contributed by atoms with E-state index in [-0.39, 0.29) is 7.43 Å². The number of benzene rings is 1. The molecule has 1 aromatic rings. The third-order valence-corrected chi connectivity index (χ3v) is 1.99. The van der Waals surface area contributed by atoms with Gasteiger partial charge < -0.3 is 0 Å². The third-order valence-electron chi connectivity index (χ3n) is 1.99. The Balaban J connectivity index is 0.00000144. The summed E-state index contributed by atoms with van der Waals surface area (Å²) in [7, 11) is 0. The Morgan fingerprint density at radius 1 is 1.38 bits per heavy atom. The Kier molecular flexibility index (Phi) is 4.83. The minimum absolute atomic E-state index is 0. The zero-order valence-electron chi connectivity index (χ0n) is 7.51. The van der Waals surface area contributed by atoms with Crippen molar-refractivity contribution in [1.29, 1.82) is 0 Å². The second-order valence-corrected chi connectivity index (χ2v) is 2.75. The first-order valence-corrected chi connectivity index (χ1v) is 4.19. The van der Waals surface area contributed by atoms with Crippen molar-refractivity contribution >= 4 is 11.6 Å². The lowest BCUT2D eigenvalue weighted by Gasteiger charge is -2.06. The zero-order chi connectivity index (χ0) is 8.97. The molecule has 1 rings (SSSR count). The van der Waals surface area contributed by atoms with Crippen LogP contribution in [-0.4, -0.2) is 0 Å². The summed E-state index contributed by atoms with van der Waals surface area (Å²) in [6, 6.07) is 8.19. The van der Waals surface area contributed by atoms with Gasteiger partial charge in [0.2, 0.25) is 0 Å². The number of allylic oxidation sites excluding steroid dienone is 1. The highest BCUT2D eigenvalue weighted by molar-refractivity contribution is 5.72. The van der Waals surface area contributed by atoms with E-state index in [0.717, 1.165) is 6.42 Å². The standard InChI is InChI=1S/C12H14.CH4/c1-4-10(3)12-9-7-6-8-11(12)5-2;/h5-9H,2-4H2,1H3;1H4. The van der Waals surface area contributed by atoms with Gasteiger partial charge in [0.15, 0.2) is 0 Å². The number of rotatable bonds is 3.